The molecule has 12 heteroatoms. The zero-order valence-electron chi connectivity index (χ0n) is 19.2. The largest absolute Gasteiger partial charge is 0.480 e. The maximum atomic E-state index is 12.7. The first-order valence-corrected chi connectivity index (χ1v) is 11.9. The van der Waals surface area contributed by atoms with Crippen molar-refractivity contribution < 1.29 is 47.4 Å². The van der Waals surface area contributed by atoms with Gasteiger partial charge < -0.3 is 28.9 Å². The number of carboxylic acids is 1. The average molecular weight is 487 g/mol. The summed E-state index contributed by atoms with van der Waals surface area (Å²) in [5.41, 5.74) is 0.712. The van der Waals surface area contributed by atoms with Crippen LogP contribution < -0.4 is 5.32 Å². The number of rotatable bonds is 13. The van der Waals surface area contributed by atoms with Gasteiger partial charge in [-0.2, -0.15) is 0 Å². The maximum absolute atomic E-state index is 12.7. The molecule has 0 aliphatic heterocycles. The van der Waals surface area contributed by atoms with Gasteiger partial charge in [-0.3, -0.25) is 18.9 Å². The van der Waals surface area contributed by atoms with Gasteiger partial charge in [0.1, 0.15) is 6.04 Å². The van der Waals surface area contributed by atoms with Crippen LogP contribution in [0.1, 0.15) is 36.7 Å². The third-order valence-electron chi connectivity index (χ3n) is 4.76. The topological polar surface area (TPSA) is 155 Å². The van der Waals surface area contributed by atoms with Gasteiger partial charge in [0.25, 0.3) is 5.91 Å². The van der Waals surface area contributed by atoms with Crippen molar-refractivity contribution in [1.29, 1.82) is 0 Å². The van der Waals surface area contributed by atoms with E-state index < -0.39 is 49.3 Å². The lowest BCUT2D eigenvalue weighted by atomic mass is 9.87. The Morgan fingerprint density at radius 2 is 1.45 bits per heavy atom. The van der Waals surface area contributed by atoms with Crippen molar-refractivity contribution in [3.05, 3.63) is 35.4 Å². The number of hydrogen-bond donors (Lipinski definition) is 2. The van der Waals surface area contributed by atoms with E-state index in [9.17, 15) is 28.8 Å². The highest BCUT2D eigenvalue weighted by molar-refractivity contribution is 7.53. The summed E-state index contributed by atoms with van der Waals surface area (Å²) < 4.78 is 32.3. The lowest BCUT2D eigenvalue weighted by Gasteiger charge is -2.26. The normalized spacial score (nSPS) is 13.2. The molecule has 11 nitrogen and oxygen atoms in total. The van der Waals surface area contributed by atoms with Crippen molar-refractivity contribution in [2.24, 2.45) is 11.8 Å². The first-order chi connectivity index (χ1) is 15.5. The van der Waals surface area contributed by atoms with E-state index in [0.717, 1.165) is 14.2 Å². The van der Waals surface area contributed by atoms with Gasteiger partial charge in [0.15, 0.2) is 5.92 Å². The Bertz CT molecular complexity index is 860. The maximum Gasteiger partial charge on any atom is 0.335 e. The molecular weight excluding hydrogens is 457 g/mol. The molecule has 0 saturated heterocycles. The van der Waals surface area contributed by atoms with Crippen LogP contribution in [0.5, 0.6) is 0 Å². The summed E-state index contributed by atoms with van der Waals surface area (Å²) in [6, 6.07) is 4.36. The number of carboxylic acid groups (broad SMARTS) is 1. The Balaban J connectivity index is 3.04. The molecule has 2 atom stereocenters. The van der Waals surface area contributed by atoms with Gasteiger partial charge in [-0.05, 0) is 31.5 Å². The lowest BCUT2D eigenvalue weighted by molar-refractivity contribution is -0.162. The molecule has 33 heavy (non-hydrogen) atoms. The Hall–Kier alpha value is -2.75. The number of nitrogens with one attached hydrogen (secondary N) is 1. The van der Waals surface area contributed by atoms with Crippen LogP contribution in [-0.2, 0) is 43.6 Å². The highest BCUT2D eigenvalue weighted by atomic mass is 31.2. The molecule has 0 heterocycles. The molecule has 0 fully saturated rings. The number of methoxy groups -OCH3 is 2. The van der Waals surface area contributed by atoms with E-state index in [4.69, 9.17) is 9.05 Å². The SMILES string of the molecule is CCOP(=O)(Cc1ccc(C(=O)N[C@H](C(=O)O)[C@@H](C)C(C(=O)OC)C(=O)OC)cc1)OCC. The molecule has 1 amide bonds. The molecule has 1 aromatic carbocycles. The zero-order valence-corrected chi connectivity index (χ0v) is 20.1. The van der Waals surface area contributed by atoms with Crippen molar-refractivity contribution in [1.82, 2.24) is 5.32 Å². The standard InChI is InChI=1S/C21H30NO10P/c1-6-31-33(28,32-7-2)12-14-8-10-15(11-9-14)18(23)22-17(19(24)25)13(3)16(20(26)29-4)21(27)30-5/h8-11,13,16-17H,6-7,12H2,1-5H3,(H,22,23)(H,24,25)/t13-,17-/m0/s1. The molecular formula is C21H30NO10P. The summed E-state index contributed by atoms with van der Waals surface area (Å²) in [7, 11) is -1.23. The monoisotopic (exact) mass is 487 g/mol. The van der Waals surface area contributed by atoms with Gasteiger partial charge in [-0.25, -0.2) is 4.79 Å². The molecule has 1 rings (SSSR count). The van der Waals surface area contributed by atoms with E-state index in [2.05, 4.69) is 14.8 Å². The summed E-state index contributed by atoms with van der Waals surface area (Å²) in [6.07, 6.45) is 0.00526. The molecule has 184 valence electrons. The number of esters is 2. The first kappa shape index (κ1) is 28.3. The van der Waals surface area contributed by atoms with Crippen LogP contribution in [0.15, 0.2) is 24.3 Å². The van der Waals surface area contributed by atoms with Crippen LogP contribution in [0.2, 0.25) is 0 Å². The fraction of sp³-hybridized carbons (Fsp3) is 0.524. The van der Waals surface area contributed by atoms with Crippen molar-refractivity contribution in [2.45, 2.75) is 33.0 Å². The number of aliphatic carboxylic acids is 1. The molecule has 0 radical (unpaired) electrons. The Kier molecular flexibility index (Phi) is 11.2. The number of ether oxygens (including phenoxy) is 2. The van der Waals surface area contributed by atoms with Gasteiger partial charge in [-0.1, -0.05) is 19.1 Å². The Labute approximate surface area is 192 Å². The third-order valence-corrected chi connectivity index (χ3v) is 6.81. The molecule has 0 aromatic heterocycles. The van der Waals surface area contributed by atoms with E-state index in [1.54, 1.807) is 26.0 Å². The fourth-order valence-electron chi connectivity index (χ4n) is 3.12. The average Bonchev–Trinajstić information content (AvgIpc) is 2.77. The number of carbonyl (C=O) groups excluding carboxylic acids is 3. The Morgan fingerprint density at radius 1 is 0.970 bits per heavy atom. The van der Waals surface area contributed by atoms with Crippen molar-refractivity contribution in [3.63, 3.8) is 0 Å². The summed E-state index contributed by atoms with van der Waals surface area (Å²) in [5, 5.41) is 11.9. The molecule has 0 saturated carbocycles. The van der Waals surface area contributed by atoms with E-state index in [-0.39, 0.29) is 24.9 Å². The van der Waals surface area contributed by atoms with E-state index in [1.165, 1.54) is 19.1 Å². The smallest absolute Gasteiger partial charge is 0.335 e. The van der Waals surface area contributed by atoms with Crippen molar-refractivity contribution >= 4 is 31.4 Å². The van der Waals surface area contributed by atoms with Crippen LogP contribution in [0.25, 0.3) is 0 Å². The minimum atomic E-state index is -3.33. The van der Waals surface area contributed by atoms with Crippen molar-refractivity contribution in [2.75, 3.05) is 27.4 Å². The minimum Gasteiger partial charge on any atom is -0.480 e. The second-order valence-electron chi connectivity index (χ2n) is 6.97. The number of amides is 1. The van der Waals surface area contributed by atoms with Gasteiger partial charge in [-0.15, -0.1) is 0 Å². The number of benzene rings is 1. The second-order valence-corrected chi connectivity index (χ2v) is 9.03. The summed E-state index contributed by atoms with van der Waals surface area (Å²) in [4.78, 5) is 48.5. The van der Waals surface area contributed by atoms with Crippen LogP contribution in [0, 0.1) is 11.8 Å². The number of hydrogen-bond acceptors (Lipinski definition) is 9. The third kappa shape index (κ3) is 7.96. The van der Waals surface area contributed by atoms with Crippen LogP contribution >= 0.6 is 7.60 Å². The molecule has 0 aliphatic rings. The zero-order chi connectivity index (χ0) is 25.2. The van der Waals surface area contributed by atoms with Crippen LogP contribution in [-0.4, -0.2) is 62.4 Å². The fourth-order valence-corrected chi connectivity index (χ4v) is 4.82. The highest BCUT2D eigenvalue weighted by Crippen LogP contribution is 2.51. The molecule has 0 bridgehead atoms. The molecule has 0 aliphatic carbocycles. The van der Waals surface area contributed by atoms with Gasteiger partial charge >= 0.3 is 25.5 Å². The molecule has 2 N–H and O–H groups in total. The van der Waals surface area contributed by atoms with Gasteiger partial charge in [0, 0.05) is 11.5 Å². The van der Waals surface area contributed by atoms with E-state index in [1.807, 2.05) is 0 Å². The molecule has 0 unspecified atom stereocenters. The summed E-state index contributed by atoms with van der Waals surface area (Å²) in [5.74, 6) is -6.87. The van der Waals surface area contributed by atoms with Gasteiger partial charge in [0.05, 0.1) is 33.6 Å². The minimum absolute atomic E-state index is 0.00526. The van der Waals surface area contributed by atoms with E-state index >= 15 is 0 Å². The van der Waals surface area contributed by atoms with Crippen molar-refractivity contribution in [3.8, 4) is 0 Å². The Morgan fingerprint density at radius 3 is 1.85 bits per heavy atom. The summed E-state index contributed by atoms with van der Waals surface area (Å²) in [6.45, 7) is 5.14. The van der Waals surface area contributed by atoms with E-state index in [0.29, 0.717) is 5.56 Å². The molecule has 1 aromatic rings. The van der Waals surface area contributed by atoms with Crippen LogP contribution in [0.3, 0.4) is 0 Å². The predicted molar refractivity (Wildman–Crippen MR) is 117 cm³/mol. The van der Waals surface area contributed by atoms with Gasteiger partial charge in [0.2, 0.25) is 0 Å². The quantitative estimate of drug-likeness (QED) is 0.240. The highest BCUT2D eigenvalue weighted by Gasteiger charge is 2.42. The predicted octanol–water partition coefficient (Wildman–Crippen LogP) is 2.23. The first-order valence-electron chi connectivity index (χ1n) is 10.2. The van der Waals surface area contributed by atoms with Crippen LogP contribution in [0.4, 0.5) is 0 Å². The number of carbonyl (C=O) groups is 4. The molecule has 0 spiro atoms. The second kappa shape index (κ2) is 13.1. The summed E-state index contributed by atoms with van der Waals surface area (Å²) >= 11 is 0. The lowest BCUT2D eigenvalue weighted by Crippen LogP contribution is -2.50.